The van der Waals surface area contributed by atoms with Gasteiger partial charge in [0.1, 0.15) is 5.75 Å². The van der Waals surface area contributed by atoms with Crippen molar-refractivity contribution in [1.29, 1.82) is 0 Å². The molecule has 1 aromatic rings. The van der Waals surface area contributed by atoms with Gasteiger partial charge in [0.25, 0.3) is 0 Å². The van der Waals surface area contributed by atoms with Gasteiger partial charge in [-0.2, -0.15) is 0 Å². The molecule has 2 unspecified atom stereocenters. The van der Waals surface area contributed by atoms with Gasteiger partial charge < -0.3 is 10.5 Å². The van der Waals surface area contributed by atoms with Crippen molar-refractivity contribution in [2.24, 2.45) is 11.7 Å². The van der Waals surface area contributed by atoms with Crippen molar-refractivity contribution in [3.05, 3.63) is 29.3 Å². The molecule has 0 aliphatic carbocycles. The van der Waals surface area contributed by atoms with Crippen LogP contribution in [0.3, 0.4) is 0 Å². The number of likely N-dealkylation sites (tertiary alicyclic amines) is 1. The van der Waals surface area contributed by atoms with Crippen LogP contribution < -0.4 is 10.5 Å². The molecule has 2 rings (SSSR count). The quantitative estimate of drug-likeness (QED) is 0.891. The minimum Gasteiger partial charge on any atom is -0.496 e. The summed E-state index contributed by atoms with van der Waals surface area (Å²) in [7, 11) is 1.74. The fourth-order valence-electron chi connectivity index (χ4n) is 2.67. The lowest BCUT2D eigenvalue weighted by Gasteiger charge is -2.35. The lowest BCUT2D eigenvalue weighted by molar-refractivity contribution is 0.156. The minimum absolute atomic E-state index is 0.362. The molecule has 3 heteroatoms. The molecule has 3 nitrogen and oxygen atoms in total. The first-order chi connectivity index (χ1) is 8.60. The maximum Gasteiger partial charge on any atom is 0.123 e. The van der Waals surface area contributed by atoms with Gasteiger partial charge in [-0.15, -0.1) is 0 Å². The molecule has 0 amide bonds. The molecule has 2 N–H and O–H groups in total. The fraction of sp³-hybridized carbons (Fsp3) is 0.600. The van der Waals surface area contributed by atoms with Gasteiger partial charge in [-0.3, -0.25) is 4.90 Å². The van der Waals surface area contributed by atoms with Crippen LogP contribution >= 0.6 is 0 Å². The number of piperidine rings is 1. The van der Waals surface area contributed by atoms with Gasteiger partial charge in [-0.1, -0.05) is 24.6 Å². The summed E-state index contributed by atoms with van der Waals surface area (Å²) in [5.41, 5.74) is 8.63. The molecule has 0 saturated carbocycles. The predicted molar refractivity (Wildman–Crippen MR) is 74.8 cm³/mol. The first kappa shape index (κ1) is 13.4. The average Bonchev–Trinajstić information content (AvgIpc) is 2.34. The van der Waals surface area contributed by atoms with E-state index in [9.17, 15) is 0 Å². The van der Waals surface area contributed by atoms with Crippen LogP contribution in [-0.4, -0.2) is 31.1 Å². The molecule has 0 spiro atoms. The van der Waals surface area contributed by atoms with Gasteiger partial charge >= 0.3 is 0 Å². The number of aryl methyl sites for hydroxylation is 1. The van der Waals surface area contributed by atoms with E-state index < -0.39 is 0 Å². The van der Waals surface area contributed by atoms with E-state index in [0.717, 1.165) is 31.8 Å². The smallest absolute Gasteiger partial charge is 0.123 e. The van der Waals surface area contributed by atoms with Gasteiger partial charge in [0.05, 0.1) is 7.11 Å². The average molecular weight is 248 g/mol. The van der Waals surface area contributed by atoms with Crippen molar-refractivity contribution in [3.63, 3.8) is 0 Å². The van der Waals surface area contributed by atoms with Crippen LogP contribution in [0.5, 0.6) is 5.75 Å². The molecule has 1 aromatic carbocycles. The molecule has 100 valence electrons. The van der Waals surface area contributed by atoms with Crippen molar-refractivity contribution in [3.8, 4) is 5.75 Å². The summed E-state index contributed by atoms with van der Waals surface area (Å²) in [6.45, 7) is 7.49. The van der Waals surface area contributed by atoms with E-state index in [1.165, 1.54) is 11.1 Å². The number of nitrogens with two attached hydrogens (primary N) is 1. The molecule has 1 saturated heterocycles. The number of benzene rings is 1. The molecular weight excluding hydrogens is 224 g/mol. The summed E-state index contributed by atoms with van der Waals surface area (Å²) in [6.07, 6.45) is 1.09. The number of methoxy groups -OCH3 is 1. The monoisotopic (exact) mass is 248 g/mol. The second kappa shape index (κ2) is 5.72. The van der Waals surface area contributed by atoms with Gasteiger partial charge in [0, 0.05) is 24.7 Å². The molecular formula is C15H24N2O. The van der Waals surface area contributed by atoms with E-state index in [0.29, 0.717) is 12.0 Å². The Balaban J connectivity index is 2.07. The van der Waals surface area contributed by atoms with Crippen molar-refractivity contribution in [2.45, 2.75) is 32.9 Å². The number of hydrogen-bond donors (Lipinski definition) is 1. The standard InChI is InChI=1S/C15H24N2O/c1-11-4-5-15(18-3)13(8-11)10-17-7-6-14(16)12(2)9-17/h4-5,8,12,14H,6-7,9-10,16H2,1-3H3. The summed E-state index contributed by atoms with van der Waals surface area (Å²) in [6, 6.07) is 6.74. The molecule has 1 fully saturated rings. The van der Waals surface area contributed by atoms with Crippen molar-refractivity contribution >= 4 is 0 Å². The highest BCUT2D eigenvalue weighted by Crippen LogP contribution is 2.24. The summed E-state index contributed by atoms with van der Waals surface area (Å²) in [4.78, 5) is 2.48. The lowest BCUT2D eigenvalue weighted by Crippen LogP contribution is -2.45. The molecule has 1 heterocycles. The number of nitrogens with zero attached hydrogens (tertiary/aromatic N) is 1. The van der Waals surface area contributed by atoms with Gasteiger partial charge in [0.15, 0.2) is 0 Å². The third-order valence-electron chi connectivity index (χ3n) is 3.89. The van der Waals surface area contributed by atoms with E-state index in [1.54, 1.807) is 7.11 Å². The highest BCUT2D eigenvalue weighted by molar-refractivity contribution is 5.36. The third kappa shape index (κ3) is 3.03. The van der Waals surface area contributed by atoms with Crippen LogP contribution in [0.1, 0.15) is 24.5 Å². The lowest BCUT2D eigenvalue weighted by atomic mass is 9.94. The maximum atomic E-state index is 6.06. The topological polar surface area (TPSA) is 38.5 Å². The molecule has 0 radical (unpaired) electrons. The van der Waals surface area contributed by atoms with Crippen LogP contribution in [0.25, 0.3) is 0 Å². The fourth-order valence-corrected chi connectivity index (χ4v) is 2.67. The van der Waals surface area contributed by atoms with E-state index in [-0.39, 0.29) is 0 Å². The number of ether oxygens (including phenoxy) is 1. The largest absolute Gasteiger partial charge is 0.496 e. The third-order valence-corrected chi connectivity index (χ3v) is 3.89. The molecule has 2 atom stereocenters. The summed E-state index contributed by atoms with van der Waals surface area (Å²) < 4.78 is 5.44. The molecule has 18 heavy (non-hydrogen) atoms. The van der Waals surface area contributed by atoms with Crippen LogP contribution in [0, 0.1) is 12.8 Å². The summed E-state index contributed by atoms with van der Waals surface area (Å²) >= 11 is 0. The first-order valence-corrected chi connectivity index (χ1v) is 6.71. The number of hydrogen-bond acceptors (Lipinski definition) is 3. The van der Waals surface area contributed by atoms with Crippen LogP contribution in [0.15, 0.2) is 18.2 Å². The van der Waals surface area contributed by atoms with Crippen LogP contribution in [0.4, 0.5) is 0 Å². The Bertz CT molecular complexity index is 405. The van der Waals surface area contributed by atoms with Crippen molar-refractivity contribution in [1.82, 2.24) is 4.90 Å². The van der Waals surface area contributed by atoms with E-state index in [4.69, 9.17) is 10.5 Å². The Labute approximate surface area is 110 Å². The normalized spacial score (nSPS) is 25.1. The Kier molecular flexibility index (Phi) is 4.25. The summed E-state index contributed by atoms with van der Waals surface area (Å²) in [5, 5.41) is 0. The molecule has 1 aliphatic rings. The van der Waals surface area contributed by atoms with Gasteiger partial charge in [-0.05, 0) is 31.9 Å². The van der Waals surface area contributed by atoms with Crippen LogP contribution in [0.2, 0.25) is 0 Å². The second-order valence-corrected chi connectivity index (χ2v) is 5.48. The molecule has 1 aliphatic heterocycles. The molecule has 0 bridgehead atoms. The van der Waals surface area contributed by atoms with Crippen molar-refractivity contribution in [2.75, 3.05) is 20.2 Å². The minimum atomic E-state index is 0.362. The van der Waals surface area contributed by atoms with E-state index >= 15 is 0 Å². The first-order valence-electron chi connectivity index (χ1n) is 6.71. The zero-order chi connectivity index (χ0) is 13.1. The zero-order valence-electron chi connectivity index (χ0n) is 11.6. The Morgan fingerprint density at radius 2 is 2.22 bits per heavy atom. The highest BCUT2D eigenvalue weighted by atomic mass is 16.5. The highest BCUT2D eigenvalue weighted by Gasteiger charge is 2.23. The van der Waals surface area contributed by atoms with E-state index in [2.05, 4.69) is 36.9 Å². The second-order valence-electron chi connectivity index (χ2n) is 5.48. The summed E-state index contributed by atoms with van der Waals surface area (Å²) in [5.74, 6) is 1.57. The SMILES string of the molecule is COc1ccc(C)cc1CN1CCC(N)C(C)C1. The Morgan fingerprint density at radius 1 is 1.44 bits per heavy atom. The van der Waals surface area contributed by atoms with Gasteiger partial charge in [0.2, 0.25) is 0 Å². The zero-order valence-corrected chi connectivity index (χ0v) is 11.6. The van der Waals surface area contributed by atoms with Crippen LogP contribution in [-0.2, 0) is 6.54 Å². The predicted octanol–water partition coefficient (Wildman–Crippen LogP) is 2.17. The Hall–Kier alpha value is -1.06. The maximum absolute atomic E-state index is 6.06. The van der Waals surface area contributed by atoms with Crippen molar-refractivity contribution < 1.29 is 4.74 Å². The van der Waals surface area contributed by atoms with E-state index in [1.807, 2.05) is 0 Å². The molecule has 0 aromatic heterocycles. The Morgan fingerprint density at radius 3 is 2.89 bits per heavy atom. The van der Waals surface area contributed by atoms with Gasteiger partial charge in [-0.25, -0.2) is 0 Å². The number of rotatable bonds is 3.